The number of aromatic hydroxyl groups is 1. The molecular weight excluding hydrogens is 355 g/mol. The maximum atomic E-state index is 13.2. The van der Waals surface area contributed by atoms with Crippen molar-refractivity contribution in [2.24, 2.45) is 5.92 Å². The number of rotatable bonds is 5. The number of benzene rings is 2. The van der Waals surface area contributed by atoms with Crippen molar-refractivity contribution in [3.63, 3.8) is 0 Å². The number of amides is 1. The molecule has 0 saturated carbocycles. The van der Waals surface area contributed by atoms with Gasteiger partial charge in [0, 0.05) is 37.8 Å². The van der Waals surface area contributed by atoms with Crippen molar-refractivity contribution in [1.29, 1.82) is 0 Å². The van der Waals surface area contributed by atoms with Crippen LogP contribution in [-0.4, -0.2) is 46.5 Å². The summed E-state index contributed by atoms with van der Waals surface area (Å²) in [5.74, 6) is 0.389. The fourth-order valence-corrected chi connectivity index (χ4v) is 3.88. The molecule has 1 N–H and O–H groups in total. The number of halogens is 1. The Labute approximate surface area is 166 Å². The first kappa shape index (κ1) is 20.3. The van der Waals surface area contributed by atoms with E-state index in [4.69, 9.17) is 0 Å². The van der Waals surface area contributed by atoms with E-state index in [1.807, 2.05) is 23.1 Å². The molecule has 150 valence electrons. The van der Waals surface area contributed by atoms with E-state index in [0.717, 1.165) is 31.6 Å². The topological polar surface area (TPSA) is 43.8 Å². The molecule has 5 heteroatoms. The van der Waals surface area contributed by atoms with Crippen molar-refractivity contribution in [3.05, 3.63) is 65.5 Å². The van der Waals surface area contributed by atoms with Crippen molar-refractivity contribution < 1.29 is 14.3 Å². The van der Waals surface area contributed by atoms with Crippen LogP contribution in [0.3, 0.4) is 0 Å². The van der Waals surface area contributed by atoms with Gasteiger partial charge in [-0.15, -0.1) is 0 Å². The lowest BCUT2D eigenvalue weighted by molar-refractivity contribution is -0.131. The monoisotopic (exact) mass is 384 g/mol. The van der Waals surface area contributed by atoms with E-state index >= 15 is 0 Å². The number of nitrogens with zero attached hydrogens (tertiary/aromatic N) is 2. The number of carbonyl (C=O) groups is 1. The minimum atomic E-state index is -0.221. The second-order valence-corrected chi connectivity index (χ2v) is 7.91. The molecular formula is C23H29FN2O2. The summed E-state index contributed by atoms with van der Waals surface area (Å²) in [7, 11) is 0. The fraction of sp³-hybridized carbons (Fsp3) is 0.435. The third-order valence-corrected chi connectivity index (χ3v) is 5.50. The zero-order valence-corrected chi connectivity index (χ0v) is 16.6. The van der Waals surface area contributed by atoms with Gasteiger partial charge in [-0.1, -0.05) is 44.2 Å². The van der Waals surface area contributed by atoms with Crippen LogP contribution in [-0.2, 0) is 17.8 Å². The maximum absolute atomic E-state index is 13.2. The number of phenols is 1. The zero-order valence-electron chi connectivity index (χ0n) is 16.6. The SMILES string of the molecule is CC(C)[C@H]1CN(C(=O)Cc2ccccc2O)CCCN1Cc1ccc(F)cc1. The van der Waals surface area contributed by atoms with E-state index < -0.39 is 0 Å². The Bertz CT molecular complexity index is 791. The number of para-hydroxylation sites is 1. The fourth-order valence-electron chi connectivity index (χ4n) is 3.88. The van der Waals surface area contributed by atoms with E-state index in [1.165, 1.54) is 12.1 Å². The highest BCUT2D eigenvalue weighted by molar-refractivity contribution is 5.79. The van der Waals surface area contributed by atoms with Gasteiger partial charge < -0.3 is 10.0 Å². The molecule has 1 fully saturated rings. The lowest BCUT2D eigenvalue weighted by atomic mass is 10.0. The number of hydrogen-bond donors (Lipinski definition) is 1. The first-order valence-corrected chi connectivity index (χ1v) is 9.97. The first-order valence-electron chi connectivity index (χ1n) is 9.97. The number of phenolic OH excluding ortho intramolecular Hbond substituents is 1. The van der Waals surface area contributed by atoms with E-state index in [0.29, 0.717) is 18.0 Å². The Hall–Kier alpha value is -2.40. The van der Waals surface area contributed by atoms with Crippen LogP contribution in [0.1, 0.15) is 31.4 Å². The Kier molecular flexibility index (Phi) is 6.68. The minimum absolute atomic E-state index is 0.0517. The Morgan fingerprint density at radius 3 is 2.54 bits per heavy atom. The zero-order chi connectivity index (χ0) is 20.1. The van der Waals surface area contributed by atoms with Crippen molar-refractivity contribution in [2.45, 2.75) is 39.3 Å². The van der Waals surface area contributed by atoms with E-state index in [1.54, 1.807) is 18.2 Å². The molecule has 1 heterocycles. The summed E-state index contributed by atoms with van der Waals surface area (Å²) >= 11 is 0. The van der Waals surface area contributed by atoms with Crippen LogP contribution in [0.4, 0.5) is 4.39 Å². The second kappa shape index (κ2) is 9.20. The summed E-state index contributed by atoms with van der Waals surface area (Å²) in [6.45, 7) is 7.41. The highest BCUT2D eigenvalue weighted by Gasteiger charge is 2.29. The molecule has 1 amide bonds. The van der Waals surface area contributed by atoms with Gasteiger partial charge in [-0.3, -0.25) is 9.69 Å². The Balaban J connectivity index is 1.70. The summed E-state index contributed by atoms with van der Waals surface area (Å²) in [4.78, 5) is 17.2. The molecule has 0 radical (unpaired) electrons. The molecule has 3 rings (SSSR count). The molecule has 1 aliphatic heterocycles. The third-order valence-electron chi connectivity index (χ3n) is 5.50. The molecule has 2 aromatic carbocycles. The van der Waals surface area contributed by atoms with Crippen molar-refractivity contribution >= 4 is 5.91 Å². The second-order valence-electron chi connectivity index (χ2n) is 7.91. The van der Waals surface area contributed by atoms with E-state index in [9.17, 15) is 14.3 Å². The molecule has 1 aliphatic rings. The highest BCUT2D eigenvalue weighted by atomic mass is 19.1. The van der Waals surface area contributed by atoms with Crippen molar-refractivity contribution in [3.8, 4) is 5.75 Å². The largest absolute Gasteiger partial charge is 0.508 e. The van der Waals surface area contributed by atoms with Gasteiger partial charge in [0.15, 0.2) is 0 Å². The smallest absolute Gasteiger partial charge is 0.227 e. The highest BCUT2D eigenvalue weighted by Crippen LogP contribution is 2.22. The van der Waals surface area contributed by atoms with E-state index in [-0.39, 0.29) is 29.9 Å². The molecule has 2 aromatic rings. The van der Waals surface area contributed by atoms with E-state index in [2.05, 4.69) is 18.7 Å². The summed E-state index contributed by atoms with van der Waals surface area (Å²) in [5, 5.41) is 9.97. The average molecular weight is 384 g/mol. The lowest BCUT2D eigenvalue weighted by Gasteiger charge is -2.34. The summed E-state index contributed by atoms with van der Waals surface area (Å²) < 4.78 is 13.2. The van der Waals surface area contributed by atoms with Gasteiger partial charge in [-0.25, -0.2) is 4.39 Å². The van der Waals surface area contributed by atoms with Gasteiger partial charge >= 0.3 is 0 Å². The van der Waals surface area contributed by atoms with Gasteiger partial charge in [-0.05, 0) is 36.1 Å². The van der Waals surface area contributed by atoms with Crippen LogP contribution in [0.15, 0.2) is 48.5 Å². The standard InChI is InChI=1S/C23H29FN2O2/c1-17(2)21-16-26(23(28)14-19-6-3-4-7-22(19)27)13-5-12-25(21)15-18-8-10-20(24)11-9-18/h3-4,6-11,17,21,27H,5,12-16H2,1-2H3/t21-/m1/s1. The van der Waals surface area contributed by atoms with Crippen LogP contribution in [0.5, 0.6) is 5.75 Å². The van der Waals surface area contributed by atoms with Crippen molar-refractivity contribution in [1.82, 2.24) is 9.80 Å². The van der Waals surface area contributed by atoms with Crippen LogP contribution in [0.2, 0.25) is 0 Å². The normalized spacial score (nSPS) is 18.3. The Morgan fingerprint density at radius 2 is 1.86 bits per heavy atom. The van der Waals surface area contributed by atoms with Crippen LogP contribution in [0.25, 0.3) is 0 Å². The molecule has 0 unspecified atom stereocenters. The molecule has 4 nitrogen and oxygen atoms in total. The minimum Gasteiger partial charge on any atom is -0.508 e. The maximum Gasteiger partial charge on any atom is 0.227 e. The Morgan fingerprint density at radius 1 is 1.14 bits per heavy atom. The molecule has 0 bridgehead atoms. The predicted molar refractivity (Wildman–Crippen MR) is 108 cm³/mol. The summed E-state index contributed by atoms with van der Waals surface area (Å²) in [6.07, 6.45) is 1.12. The summed E-state index contributed by atoms with van der Waals surface area (Å²) in [6, 6.07) is 13.9. The van der Waals surface area contributed by atoms with Gasteiger partial charge in [-0.2, -0.15) is 0 Å². The van der Waals surface area contributed by atoms with Crippen LogP contribution >= 0.6 is 0 Å². The van der Waals surface area contributed by atoms with Gasteiger partial charge in [0.25, 0.3) is 0 Å². The quantitative estimate of drug-likeness (QED) is 0.852. The van der Waals surface area contributed by atoms with Gasteiger partial charge in [0.2, 0.25) is 5.91 Å². The lowest BCUT2D eigenvalue weighted by Crippen LogP contribution is -2.45. The predicted octanol–water partition coefficient (Wildman–Crippen LogP) is 3.83. The van der Waals surface area contributed by atoms with Gasteiger partial charge in [0.05, 0.1) is 6.42 Å². The van der Waals surface area contributed by atoms with Crippen LogP contribution < -0.4 is 0 Å². The molecule has 0 aromatic heterocycles. The number of carbonyl (C=O) groups excluding carboxylic acids is 1. The van der Waals surface area contributed by atoms with Crippen LogP contribution in [0, 0.1) is 11.7 Å². The molecule has 1 atom stereocenters. The third kappa shape index (κ3) is 5.10. The van der Waals surface area contributed by atoms with Crippen molar-refractivity contribution in [2.75, 3.05) is 19.6 Å². The molecule has 0 aliphatic carbocycles. The molecule has 28 heavy (non-hydrogen) atoms. The average Bonchev–Trinajstić information content (AvgIpc) is 2.88. The molecule has 1 saturated heterocycles. The van der Waals surface area contributed by atoms with Gasteiger partial charge in [0.1, 0.15) is 11.6 Å². The summed E-state index contributed by atoms with van der Waals surface area (Å²) in [5.41, 5.74) is 1.75. The molecule has 0 spiro atoms. The number of hydrogen-bond acceptors (Lipinski definition) is 3. The first-order chi connectivity index (χ1) is 13.4.